The fraction of sp³-hybridized carbons (Fsp3) is 0.625. The molecule has 3 nitrogen and oxygen atoms in total. The smallest absolute Gasteiger partial charge is 0.123 e. The molecule has 1 aromatic carbocycles. The minimum absolute atomic E-state index is 0.291. The van der Waals surface area contributed by atoms with Crippen molar-refractivity contribution < 1.29 is 9.47 Å². The summed E-state index contributed by atoms with van der Waals surface area (Å²) in [4.78, 5) is 0. The van der Waals surface area contributed by atoms with E-state index in [0.717, 1.165) is 37.8 Å². The molecular weight excluding hydrogens is 238 g/mol. The number of rotatable bonds is 4. The molecule has 2 heterocycles. The third kappa shape index (κ3) is 3.10. The number of hydrogen-bond donors (Lipinski definition) is 1. The van der Waals surface area contributed by atoms with E-state index in [9.17, 15) is 0 Å². The Balaban J connectivity index is 1.46. The van der Waals surface area contributed by atoms with E-state index in [2.05, 4.69) is 30.4 Å². The molecule has 1 N–H and O–H groups in total. The molecule has 1 saturated heterocycles. The molecule has 0 amide bonds. The molecule has 3 rings (SSSR count). The van der Waals surface area contributed by atoms with Gasteiger partial charge in [-0.1, -0.05) is 18.2 Å². The van der Waals surface area contributed by atoms with Gasteiger partial charge in [-0.3, -0.25) is 0 Å². The van der Waals surface area contributed by atoms with Gasteiger partial charge >= 0.3 is 0 Å². The first kappa shape index (κ1) is 12.9. The van der Waals surface area contributed by atoms with Gasteiger partial charge in [-0.2, -0.15) is 0 Å². The Morgan fingerprint density at radius 1 is 1.26 bits per heavy atom. The average molecular weight is 261 g/mol. The van der Waals surface area contributed by atoms with E-state index in [0.29, 0.717) is 12.1 Å². The number of benzene rings is 1. The molecule has 0 spiro atoms. The monoisotopic (exact) mass is 261 g/mol. The topological polar surface area (TPSA) is 30.5 Å². The number of nitrogens with one attached hydrogen (secondary N) is 1. The van der Waals surface area contributed by atoms with Crippen molar-refractivity contribution in [2.45, 2.75) is 38.3 Å². The fourth-order valence-electron chi connectivity index (χ4n) is 3.07. The van der Waals surface area contributed by atoms with Crippen LogP contribution in [0.1, 0.15) is 25.3 Å². The highest BCUT2D eigenvalue weighted by Crippen LogP contribution is 2.28. The Morgan fingerprint density at radius 2 is 2.05 bits per heavy atom. The maximum absolute atomic E-state index is 5.96. The number of hydrogen-bond acceptors (Lipinski definition) is 3. The van der Waals surface area contributed by atoms with Gasteiger partial charge in [0.2, 0.25) is 0 Å². The molecule has 0 aliphatic carbocycles. The molecule has 1 fully saturated rings. The van der Waals surface area contributed by atoms with E-state index < -0.39 is 0 Å². The van der Waals surface area contributed by atoms with Gasteiger partial charge in [-0.25, -0.2) is 0 Å². The molecule has 0 bridgehead atoms. The normalized spacial score (nSPS) is 24.8. The second-order valence-electron chi connectivity index (χ2n) is 5.70. The van der Waals surface area contributed by atoms with Gasteiger partial charge in [-0.15, -0.1) is 0 Å². The highest BCUT2D eigenvalue weighted by molar-refractivity contribution is 5.37. The SMILES string of the molecule is CC(NCC1Cc2ccccc2O1)C1CCOCC1. The van der Waals surface area contributed by atoms with Crippen LogP contribution in [0.4, 0.5) is 0 Å². The van der Waals surface area contributed by atoms with Crippen molar-refractivity contribution in [1.82, 2.24) is 5.32 Å². The Morgan fingerprint density at radius 3 is 2.84 bits per heavy atom. The van der Waals surface area contributed by atoms with Crippen molar-refractivity contribution in [3.05, 3.63) is 29.8 Å². The Kier molecular flexibility index (Phi) is 4.04. The van der Waals surface area contributed by atoms with Gasteiger partial charge < -0.3 is 14.8 Å². The fourth-order valence-corrected chi connectivity index (χ4v) is 3.07. The molecular formula is C16H23NO2. The summed E-state index contributed by atoms with van der Waals surface area (Å²) in [5.41, 5.74) is 1.34. The lowest BCUT2D eigenvalue weighted by Crippen LogP contribution is -2.41. The minimum Gasteiger partial charge on any atom is -0.488 e. The number of ether oxygens (including phenoxy) is 2. The quantitative estimate of drug-likeness (QED) is 0.903. The Bertz CT molecular complexity index is 390. The average Bonchev–Trinajstić information content (AvgIpc) is 2.88. The largest absolute Gasteiger partial charge is 0.488 e. The lowest BCUT2D eigenvalue weighted by Gasteiger charge is -2.29. The maximum atomic E-state index is 5.96. The second kappa shape index (κ2) is 5.93. The minimum atomic E-state index is 0.291. The van der Waals surface area contributed by atoms with Crippen LogP contribution in [-0.4, -0.2) is 31.9 Å². The van der Waals surface area contributed by atoms with Gasteiger partial charge in [-0.05, 0) is 37.3 Å². The molecule has 2 atom stereocenters. The first-order chi connectivity index (χ1) is 9.33. The third-order valence-corrected chi connectivity index (χ3v) is 4.35. The van der Waals surface area contributed by atoms with Crippen LogP contribution in [0.3, 0.4) is 0 Å². The molecule has 1 aromatic rings. The van der Waals surface area contributed by atoms with Crippen LogP contribution in [-0.2, 0) is 11.2 Å². The molecule has 0 aromatic heterocycles. The zero-order chi connectivity index (χ0) is 13.1. The predicted molar refractivity (Wildman–Crippen MR) is 75.6 cm³/mol. The van der Waals surface area contributed by atoms with E-state index in [1.54, 1.807) is 0 Å². The summed E-state index contributed by atoms with van der Waals surface area (Å²) in [7, 11) is 0. The summed E-state index contributed by atoms with van der Waals surface area (Å²) in [5, 5.41) is 3.65. The van der Waals surface area contributed by atoms with Crippen molar-refractivity contribution >= 4 is 0 Å². The van der Waals surface area contributed by atoms with E-state index in [4.69, 9.17) is 9.47 Å². The lowest BCUT2D eigenvalue weighted by molar-refractivity contribution is 0.0546. The first-order valence-corrected chi connectivity index (χ1v) is 7.38. The van der Waals surface area contributed by atoms with Gasteiger partial charge in [0.1, 0.15) is 11.9 Å². The van der Waals surface area contributed by atoms with Crippen LogP contribution in [0, 0.1) is 5.92 Å². The highest BCUT2D eigenvalue weighted by Gasteiger charge is 2.25. The standard InChI is InChI=1S/C16H23NO2/c1-12(13-6-8-18-9-7-13)17-11-15-10-14-4-2-3-5-16(14)19-15/h2-5,12-13,15,17H,6-11H2,1H3. The van der Waals surface area contributed by atoms with Gasteiger partial charge in [0.05, 0.1) is 0 Å². The van der Waals surface area contributed by atoms with E-state index in [-0.39, 0.29) is 0 Å². The third-order valence-electron chi connectivity index (χ3n) is 4.35. The van der Waals surface area contributed by atoms with Gasteiger partial charge in [0, 0.05) is 32.2 Å². The molecule has 2 aliphatic rings. The molecule has 0 radical (unpaired) electrons. The van der Waals surface area contributed by atoms with Crippen LogP contribution >= 0.6 is 0 Å². The van der Waals surface area contributed by atoms with Crippen LogP contribution in [0.15, 0.2) is 24.3 Å². The van der Waals surface area contributed by atoms with Gasteiger partial charge in [0.25, 0.3) is 0 Å². The highest BCUT2D eigenvalue weighted by atomic mass is 16.5. The van der Waals surface area contributed by atoms with Crippen molar-refractivity contribution in [2.24, 2.45) is 5.92 Å². The van der Waals surface area contributed by atoms with Crippen LogP contribution in [0.25, 0.3) is 0 Å². The number of para-hydroxylation sites is 1. The molecule has 2 aliphatic heterocycles. The molecule has 0 saturated carbocycles. The summed E-state index contributed by atoms with van der Waals surface area (Å²) in [6, 6.07) is 8.91. The van der Waals surface area contributed by atoms with Crippen LogP contribution in [0.5, 0.6) is 5.75 Å². The molecule has 3 heteroatoms. The van der Waals surface area contributed by atoms with Crippen LogP contribution in [0.2, 0.25) is 0 Å². The van der Waals surface area contributed by atoms with Crippen molar-refractivity contribution in [1.29, 1.82) is 0 Å². The summed E-state index contributed by atoms with van der Waals surface area (Å²) in [6.07, 6.45) is 3.68. The first-order valence-electron chi connectivity index (χ1n) is 7.38. The lowest BCUT2D eigenvalue weighted by atomic mass is 9.93. The Hall–Kier alpha value is -1.06. The summed E-state index contributed by atoms with van der Waals surface area (Å²) >= 11 is 0. The van der Waals surface area contributed by atoms with Crippen molar-refractivity contribution in [3.63, 3.8) is 0 Å². The van der Waals surface area contributed by atoms with Crippen LogP contribution < -0.4 is 10.1 Å². The second-order valence-corrected chi connectivity index (χ2v) is 5.70. The van der Waals surface area contributed by atoms with Gasteiger partial charge in [0.15, 0.2) is 0 Å². The van der Waals surface area contributed by atoms with Crippen molar-refractivity contribution in [3.8, 4) is 5.75 Å². The van der Waals surface area contributed by atoms with E-state index in [1.807, 2.05) is 6.07 Å². The van der Waals surface area contributed by atoms with Crippen molar-refractivity contribution in [2.75, 3.05) is 19.8 Å². The molecule has 104 valence electrons. The predicted octanol–water partition coefficient (Wildman–Crippen LogP) is 2.39. The molecule has 2 unspecified atom stereocenters. The van der Waals surface area contributed by atoms with E-state index >= 15 is 0 Å². The zero-order valence-electron chi connectivity index (χ0n) is 11.6. The molecule has 19 heavy (non-hydrogen) atoms. The Labute approximate surface area is 115 Å². The van der Waals surface area contributed by atoms with E-state index in [1.165, 1.54) is 18.4 Å². The summed E-state index contributed by atoms with van der Waals surface area (Å²) < 4.78 is 11.4. The number of fused-ring (bicyclic) bond motifs is 1. The maximum Gasteiger partial charge on any atom is 0.123 e. The zero-order valence-corrected chi connectivity index (χ0v) is 11.6. The summed E-state index contributed by atoms with van der Waals surface area (Å²) in [6.45, 7) is 5.06. The summed E-state index contributed by atoms with van der Waals surface area (Å²) in [5.74, 6) is 1.81.